The molecule has 26 heavy (non-hydrogen) atoms. The number of rotatable bonds is 9. The average Bonchev–Trinajstić information content (AvgIpc) is 2.62. The van der Waals surface area contributed by atoms with Crippen LogP contribution >= 0.6 is 23.4 Å². The fraction of sp³-hybridized carbons (Fsp3) is 0.263. The molecule has 0 spiro atoms. The number of nitrogens with one attached hydrogen (secondary N) is 1. The van der Waals surface area contributed by atoms with Gasteiger partial charge in [-0.3, -0.25) is 9.59 Å². The molecular weight excluding hydrogens is 374 g/mol. The first-order valence-electron chi connectivity index (χ1n) is 8.02. The zero-order chi connectivity index (χ0) is 18.8. The van der Waals surface area contributed by atoms with Crippen LogP contribution in [0.2, 0.25) is 5.02 Å². The number of ether oxygens (including phenoxy) is 2. The number of benzene rings is 2. The SMILES string of the molecule is Cc1cc(Cl)ccc1NC(=O)CSCC(=O)OCCOc1ccccc1. The Morgan fingerprint density at radius 3 is 2.58 bits per heavy atom. The number of thioether (sulfide) groups is 1. The van der Waals surface area contributed by atoms with Crippen LogP contribution in [0.4, 0.5) is 5.69 Å². The molecule has 0 atom stereocenters. The second kappa shape index (κ2) is 10.7. The Balaban J connectivity index is 1.58. The van der Waals surface area contributed by atoms with Gasteiger partial charge in [-0.05, 0) is 42.8 Å². The highest BCUT2D eigenvalue weighted by molar-refractivity contribution is 8.00. The summed E-state index contributed by atoms with van der Waals surface area (Å²) < 4.78 is 10.5. The fourth-order valence-electron chi connectivity index (χ4n) is 2.05. The largest absolute Gasteiger partial charge is 0.490 e. The molecule has 0 saturated heterocycles. The lowest BCUT2D eigenvalue weighted by atomic mass is 10.2. The van der Waals surface area contributed by atoms with Gasteiger partial charge >= 0.3 is 5.97 Å². The van der Waals surface area contributed by atoms with Crippen LogP contribution in [0.15, 0.2) is 48.5 Å². The molecule has 0 saturated carbocycles. The van der Waals surface area contributed by atoms with Crippen LogP contribution in [-0.2, 0) is 14.3 Å². The van der Waals surface area contributed by atoms with Gasteiger partial charge in [0.25, 0.3) is 0 Å². The van der Waals surface area contributed by atoms with Crippen LogP contribution in [0.25, 0.3) is 0 Å². The highest BCUT2D eigenvalue weighted by atomic mass is 35.5. The van der Waals surface area contributed by atoms with Crippen molar-refractivity contribution in [3.05, 3.63) is 59.1 Å². The van der Waals surface area contributed by atoms with Crippen LogP contribution in [0.1, 0.15) is 5.56 Å². The number of halogens is 1. The number of amides is 1. The van der Waals surface area contributed by atoms with Gasteiger partial charge in [0, 0.05) is 10.7 Å². The minimum Gasteiger partial charge on any atom is -0.490 e. The lowest BCUT2D eigenvalue weighted by Crippen LogP contribution is -2.18. The quantitative estimate of drug-likeness (QED) is 0.516. The maximum absolute atomic E-state index is 11.9. The van der Waals surface area contributed by atoms with Crippen molar-refractivity contribution in [2.75, 3.05) is 30.0 Å². The Kier molecular flexibility index (Phi) is 8.31. The van der Waals surface area contributed by atoms with E-state index in [-0.39, 0.29) is 36.6 Å². The lowest BCUT2D eigenvalue weighted by Gasteiger charge is -2.09. The third-order valence-corrected chi connectivity index (χ3v) is 4.42. The molecule has 0 aromatic heterocycles. The van der Waals surface area contributed by atoms with Gasteiger partial charge in [-0.1, -0.05) is 29.8 Å². The van der Waals surface area contributed by atoms with Gasteiger partial charge in [-0.15, -0.1) is 11.8 Å². The van der Waals surface area contributed by atoms with E-state index in [4.69, 9.17) is 21.1 Å². The molecule has 0 aliphatic carbocycles. The van der Waals surface area contributed by atoms with Gasteiger partial charge in [-0.2, -0.15) is 0 Å². The normalized spacial score (nSPS) is 10.2. The molecule has 5 nitrogen and oxygen atoms in total. The van der Waals surface area contributed by atoms with Gasteiger partial charge < -0.3 is 14.8 Å². The van der Waals surface area contributed by atoms with Crippen molar-refractivity contribution in [3.8, 4) is 5.75 Å². The first kappa shape index (κ1) is 20.1. The predicted octanol–water partition coefficient (Wildman–Crippen LogP) is 3.94. The second-order valence-electron chi connectivity index (χ2n) is 5.38. The molecule has 138 valence electrons. The predicted molar refractivity (Wildman–Crippen MR) is 105 cm³/mol. The Morgan fingerprint density at radius 1 is 1.08 bits per heavy atom. The highest BCUT2D eigenvalue weighted by Gasteiger charge is 2.08. The number of esters is 1. The molecule has 1 N–H and O–H groups in total. The smallest absolute Gasteiger partial charge is 0.316 e. The average molecular weight is 394 g/mol. The van der Waals surface area contributed by atoms with Crippen LogP contribution in [0.3, 0.4) is 0 Å². The summed E-state index contributed by atoms with van der Waals surface area (Å²) in [4.78, 5) is 23.6. The molecule has 2 aromatic rings. The molecule has 2 aromatic carbocycles. The van der Waals surface area contributed by atoms with E-state index >= 15 is 0 Å². The molecule has 0 aliphatic rings. The number of carbonyl (C=O) groups is 2. The topological polar surface area (TPSA) is 64.6 Å². The number of hydrogen-bond donors (Lipinski definition) is 1. The second-order valence-corrected chi connectivity index (χ2v) is 6.80. The highest BCUT2D eigenvalue weighted by Crippen LogP contribution is 2.19. The maximum Gasteiger partial charge on any atom is 0.316 e. The van der Waals surface area contributed by atoms with Crippen LogP contribution < -0.4 is 10.1 Å². The molecular formula is C19H20ClNO4S. The van der Waals surface area contributed by atoms with E-state index < -0.39 is 0 Å². The third kappa shape index (κ3) is 7.37. The number of aryl methyl sites for hydroxylation is 1. The van der Waals surface area contributed by atoms with E-state index in [1.807, 2.05) is 37.3 Å². The van der Waals surface area contributed by atoms with Gasteiger partial charge in [0.05, 0.1) is 11.5 Å². The van der Waals surface area contributed by atoms with Crippen molar-refractivity contribution in [3.63, 3.8) is 0 Å². The maximum atomic E-state index is 11.9. The third-order valence-electron chi connectivity index (χ3n) is 3.27. The molecule has 2 rings (SSSR count). The lowest BCUT2D eigenvalue weighted by molar-refractivity contribution is -0.141. The van der Waals surface area contributed by atoms with Crippen molar-refractivity contribution in [2.24, 2.45) is 0 Å². The standard InChI is InChI=1S/C19H20ClNO4S/c1-14-11-15(20)7-8-17(14)21-18(22)12-26-13-19(23)25-10-9-24-16-5-3-2-4-6-16/h2-8,11H,9-10,12-13H2,1H3,(H,21,22). The monoisotopic (exact) mass is 393 g/mol. The van der Waals surface area contributed by atoms with Gasteiger partial charge in [0.15, 0.2) is 0 Å². The van der Waals surface area contributed by atoms with Crippen LogP contribution in [0, 0.1) is 6.92 Å². The van der Waals surface area contributed by atoms with Crippen molar-refractivity contribution in [2.45, 2.75) is 6.92 Å². The minimum absolute atomic E-state index is 0.109. The van der Waals surface area contributed by atoms with E-state index in [1.54, 1.807) is 18.2 Å². The van der Waals surface area contributed by atoms with E-state index in [9.17, 15) is 9.59 Å². The molecule has 0 radical (unpaired) electrons. The molecule has 0 fully saturated rings. The number of hydrogen-bond acceptors (Lipinski definition) is 5. The summed E-state index contributed by atoms with van der Waals surface area (Å²) in [7, 11) is 0. The minimum atomic E-state index is -0.373. The van der Waals surface area contributed by atoms with Crippen LogP contribution in [-0.4, -0.2) is 36.6 Å². The van der Waals surface area contributed by atoms with Gasteiger partial charge in [0.2, 0.25) is 5.91 Å². The van der Waals surface area contributed by atoms with Crippen molar-refractivity contribution in [1.29, 1.82) is 0 Å². The molecule has 0 unspecified atom stereocenters. The first-order valence-corrected chi connectivity index (χ1v) is 9.55. The van der Waals surface area contributed by atoms with Gasteiger partial charge in [-0.25, -0.2) is 0 Å². The number of carbonyl (C=O) groups excluding carboxylic acids is 2. The Morgan fingerprint density at radius 2 is 1.85 bits per heavy atom. The van der Waals surface area contributed by atoms with Crippen LogP contribution in [0.5, 0.6) is 5.75 Å². The Bertz CT molecular complexity index is 740. The van der Waals surface area contributed by atoms with Gasteiger partial charge in [0.1, 0.15) is 19.0 Å². The molecule has 0 aliphatic heterocycles. The molecule has 0 bridgehead atoms. The summed E-state index contributed by atoms with van der Waals surface area (Å²) >= 11 is 7.08. The summed E-state index contributed by atoms with van der Waals surface area (Å²) in [5.74, 6) is 0.450. The zero-order valence-corrected chi connectivity index (χ0v) is 15.9. The molecule has 0 heterocycles. The Hall–Kier alpha value is -2.18. The summed E-state index contributed by atoms with van der Waals surface area (Å²) in [6.45, 7) is 2.32. The number of anilines is 1. The summed E-state index contributed by atoms with van der Waals surface area (Å²) in [5.41, 5.74) is 1.59. The van der Waals surface area contributed by atoms with E-state index in [2.05, 4.69) is 5.32 Å². The van der Waals surface area contributed by atoms with E-state index in [1.165, 1.54) is 11.8 Å². The molecule has 1 amide bonds. The fourth-order valence-corrected chi connectivity index (χ4v) is 2.89. The van der Waals surface area contributed by atoms with Crippen molar-refractivity contribution < 1.29 is 19.1 Å². The Labute approximate surface area is 162 Å². The van der Waals surface area contributed by atoms with Crippen molar-refractivity contribution in [1.82, 2.24) is 0 Å². The summed E-state index contributed by atoms with van der Waals surface area (Å²) in [6, 6.07) is 14.5. The number of para-hydroxylation sites is 1. The van der Waals surface area contributed by atoms with E-state index in [0.29, 0.717) is 10.7 Å². The summed E-state index contributed by atoms with van der Waals surface area (Å²) in [5, 5.41) is 3.41. The first-order chi connectivity index (χ1) is 12.5. The summed E-state index contributed by atoms with van der Waals surface area (Å²) in [6.07, 6.45) is 0. The molecule has 7 heteroatoms. The van der Waals surface area contributed by atoms with Crippen molar-refractivity contribution >= 4 is 40.9 Å². The van der Waals surface area contributed by atoms with E-state index in [0.717, 1.165) is 11.3 Å². The zero-order valence-electron chi connectivity index (χ0n) is 14.4.